The van der Waals surface area contributed by atoms with E-state index in [9.17, 15) is 17.6 Å². The minimum atomic E-state index is -3.85. The van der Waals surface area contributed by atoms with Gasteiger partial charge in [-0.05, 0) is 0 Å². The van der Waals surface area contributed by atoms with Crippen molar-refractivity contribution >= 4 is 16.1 Å². The molecule has 0 aliphatic rings. The van der Waals surface area contributed by atoms with Crippen LogP contribution in [-0.2, 0) is 0 Å². The molecule has 16 heavy (non-hydrogen) atoms. The third kappa shape index (κ3) is 5.47. The summed E-state index contributed by atoms with van der Waals surface area (Å²) in [5.41, 5.74) is 0. The van der Waals surface area contributed by atoms with Gasteiger partial charge in [0.25, 0.3) is 0 Å². The maximum atomic E-state index is 13.5. The Morgan fingerprint density at radius 2 is 0.812 bits per heavy atom. The van der Waals surface area contributed by atoms with Crippen LogP contribution in [0.15, 0.2) is 0 Å². The van der Waals surface area contributed by atoms with Crippen LogP contribution in [0.5, 0.6) is 0 Å². The summed E-state index contributed by atoms with van der Waals surface area (Å²) in [5.74, 6) is -7.70. The molecule has 0 spiro atoms. The fourth-order valence-corrected chi connectivity index (χ4v) is 4.77. The molecule has 0 nitrogen and oxygen atoms in total. The molecule has 0 radical (unpaired) electrons. The second-order valence-electron chi connectivity index (χ2n) is 6.88. The average Bonchev–Trinajstić information content (AvgIpc) is 1.72. The molecule has 0 bridgehead atoms. The molecule has 0 saturated heterocycles. The minimum Gasteiger partial charge on any atom is -0.200 e. The largest absolute Gasteiger partial charge is 0.307 e. The van der Waals surface area contributed by atoms with Crippen LogP contribution in [0.25, 0.3) is 0 Å². The lowest BCUT2D eigenvalue weighted by Gasteiger charge is -2.34. The normalized spacial score (nSPS) is 15.4. The average molecular weight is 274 g/mol. The van der Waals surface area contributed by atoms with Crippen molar-refractivity contribution in [3.05, 3.63) is 0 Å². The first kappa shape index (κ1) is 16.2. The maximum Gasteiger partial charge on any atom is 0.307 e. The van der Waals surface area contributed by atoms with Gasteiger partial charge in [0.2, 0.25) is 0 Å². The highest BCUT2D eigenvalue weighted by molar-refractivity contribution is 6.77. The number of hydrogen-bond donors (Lipinski definition) is 0. The summed E-state index contributed by atoms with van der Waals surface area (Å²) < 4.78 is 54.1. The summed E-state index contributed by atoms with van der Waals surface area (Å²) in [6.07, 6.45) is 0. The molecular weight excluding hydrogens is 252 g/mol. The topological polar surface area (TPSA) is 0 Å². The highest BCUT2D eigenvalue weighted by Gasteiger charge is 2.58. The quantitative estimate of drug-likeness (QED) is 0.492. The summed E-state index contributed by atoms with van der Waals surface area (Å²) >= 11 is 0. The molecule has 0 N–H and O–H groups in total. The second kappa shape index (κ2) is 4.44. The van der Waals surface area contributed by atoms with Crippen molar-refractivity contribution in [2.75, 3.05) is 0 Å². The molecule has 0 heterocycles. The Labute approximate surface area is 97.4 Å². The molecule has 0 aromatic rings. The van der Waals surface area contributed by atoms with E-state index in [0.717, 1.165) is 0 Å². The molecule has 0 rings (SSSR count). The predicted octanol–water partition coefficient (Wildman–Crippen LogP) is 4.93. The first-order valence-corrected chi connectivity index (χ1v) is 12.8. The third-order valence-electron chi connectivity index (χ3n) is 2.04. The van der Waals surface area contributed by atoms with Crippen molar-refractivity contribution < 1.29 is 17.6 Å². The van der Waals surface area contributed by atoms with Crippen molar-refractivity contribution in [1.82, 2.24) is 0 Å². The Morgan fingerprint density at radius 1 is 0.625 bits per heavy atom. The summed E-state index contributed by atoms with van der Waals surface area (Å²) in [6.45, 7) is 10.1. The van der Waals surface area contributed by atoms with Crippen molar-refractivity contribution in [3.8, 4) is 0 Å². The van der Waals surface area contributed by atoms with Crippen LogP contribution in [0, 0.1) is 0 Å². The van der Waals surface area contributed by atoms with Gasteiger partial charge < -0.3 is 0 Å². The Hall–Kier alpha value is 0.154. The number of rotatable bonds is 5. The van der Waals surface area contributed by atoms with Gasteiger partial charge in [-0.2, -0.15) is 0 Å². The zero-order valence-corrected chi connectivity index (χ0v) is 12.9. The van der Waals surface area contributed by atoms with Crippen LogP contribution >= 0.6 is 0 Å². The fraction of sp³-hybridized carbons (Fsp3) is 1.00. The van der Waals surface area contributed by atoms with E-state index in [-0.39, 0.29) is 0 Å². The zero-order chi connectivity index (χ0) is 13.4. The highest BCUT2D eigenvalue weighted by atomic mass is 28.3. The molecule has 98 valence electrons. The van der Waals surface area contributed by atoms with Crippen LogP contribution in [0.1, 0.15) is 0 Å². The van der Waals surface area contributed by atoms with Crippen molar-refractivity contribution in [3.63, 3.8) is 0 Å². The molecule has 0 unspecified atom stereocenters. The minimum absolute atomic E-state index is 0.641. The van der Waals surface area contributed by atoms with Gasteiger partial charge in [-0.15, -0.1) is 0 Å². The van der Waals surface area contributed by atoms with E-state index in [1.807, 2.05) is 0 Å². The number of hydrogen-bond acceptors (Lipinski definition) is 0. The Bertz CT molecular complexity index is 212. The van der Waals surface area contributed by atoms with E-state index >= 15 is 0 Å². The fourth-order valence-electron chi connectivity index (χ4n) is 1.59. The Morgan fingerprint density at radius 3 is 0.938 bits per heavy atom. The lowest BCUT2D eigenvalue weighted by molar-refractivity contribution is -0.186. The van der Waals surface area contributed by atoms with Crippen molar-refractivity contribution in [2.24, 2.45) is 0 Å². The van der Waals surface area contributed by atoms with Gasteiger partial charge in [0, 0.05) is 12.1 Å². The lowest BCUT2D eigenvalue weighted by Crippen LogP contribution is -2.48. The monoisotopic (exact) mass is 274 g/mol. The molecule has 0 aliphatic heterocycles. The smallest absolute Gasteiger partial charge is 0.200 e. The van der Waals surface area contributed by atoms with E-state index in [0.29, 0.717) is 0 Å². The highest BCUT2D eigenvalue weighted by Crippen LogP contribution is 2.45. The van der Waals surface area contributed by atoms with Gasteiger partial charge in [-0.1, -0.05) is 39.3 Å². The van der Waals surface area contributed by atoms with E-state index < -0.39 is 40.1 Å². The Kier molecular flexibility index (Phi) is 4.48. The van der Waals surface area contributed by atoms with E-state index in [2.05, 4.69) is 0 Å². The van der Waals surface area contributed by atoms with Gasteiger partial charge >= 0.3 is 11.8 Å². The SMILES string of the molecule is C[Si](C)(C)CC(F)(F)C(F)(F)C[Si](C)(C)C. The molecule has 0 amide bonds. The van der Waals surface area contributed by atoms with Gasteiger partial charge in [0.05, 0.1) is 16.1 Å². The van der Waals surface area contributed by atoms with Crippen LogP contribution < -0.4 is 0 Å². The van der Waals surface area contributed by atoms with Crippen LogP contribution in [0.4, 0.5) is 17.6 Å². The predicted molar refractivity (Wildman–Crippen MR) is 66.2 cm³/mol. The molecule has 0 aliphatic carbocycles. The van der Waals surface area contributed by atoms with E-state index in [1.54, 1.807) is 39.3 Å². The standard InChI is InChI=1S/C10H22F4Si2/c1-15(2,3)7-9(11,12)10(13,14)8-16(4,5)6/h7-8H2,1-6H3. The van der Waals surface area contributed by atoms with Gasteiger partial charge in [-0.25, -0.2) is 17.6 Å². The molecule has 0 aromatic heterocycles. The van der Waals surface area contributed by atoms with Crippen LogP contribution in [0.2, 0.25) is 51.4 Å². The van der Waals surface area contributed by atoms with E-state index in [4.69, 9.17) is 0 Å². The molecule has 0 saturated carbocycles. The lowest BCUT2D eigenvalue weighted by atomic mass is 10.2. The Balaban J connectivity index is 4.85. The van der Waals surface area contributed by atoms with Gasteiger partial charge in [-0.3, -0.25) is 0 Å². The first-order valence-electron chi connectivity index (χ1n) is 5.42. The molecule has 0 aromatic carbocycles. The zero-order valence-electron chi connectivity index (χ0n) is 10.9. The van der Waals surface area contributed by atoms with Crippen molar-refractivity contribution in [2.45, 2.75) is 63.2 Å². The summed E-state index contributed by atoms with van der Waals surface area (Å²) in [5, 5.41) is 0. The van der Waals surface area contributed by atoms with E-state index in [1.165, 1.54) is 0 Å². The maximum absolute atomic E-state index is 13.5. The third-order valence-corrected chi connectivity index (χ3v) is 5.05. The van der Waals surface area contributed by atoms with Crippen molar-refractivity contribution in [1.29, 1.82) is 0 Å². The molecule has 0 fully saturated rings. The number of alkyl halides is 4. The molecule has 6 heteroatoms. The van der Waals surface area contributed by atoms with Crippen LogP contribution in [0.3, 0.4) is 0 Å². The number of halogens is 4. The molecule has 0 atom stereocenters. The summed E-state index contributed by atoms with van der Waals surface area (Å²) in [6, 6.07) is -1.28. The second-order valence-corrected chi connectivity index (χ2v) is 17.8. The molecular formula is C10H22F4Si2. The van der Waals surface area contributed by atoms with Gasteiger partial charge in [0.15, 0.2) is 0 Å². The summed E-state index contributed by atoms with van der Waals surface area (Å²) in [4.78, 5) is 0. The van der Waals surface area contributed by atoms with Gasteiger partial charge in [0.1, 0.15) is 0 Å². The van der Waals surface area contributed by atoms with Crippen LogP contribution in [-0.4, -0.2) is 28.0 Å². The first-order chi connectivity index (χ1) is 6.66. The summed E-state index contributed by atoms with van der Waals surface area (Å²) in [7, 11) is -4.38.